The molecule has 2 nitrogen and oxygen atoms in total. The first-order valence-corrected chi connectivity index (χ1v) is 6.14. The summed E-state index contributed by atoms with van der Waals surface area (Å²) in [6.07, 6.45) is 9.06. The normalized spacial score (nSPS) is 9.86. The fourth-order valence-corrected chi connectivity index (χ4v) is 2.10. The van der Waals surface area contributed by atoms with Crippen LogP contribution in [0.2, 0.25) is 0 Å². The van der Waals surface area contributed by atoms with Gasteiger partial charge in [0.25, 0.3) is 0 Å². The highest BCUT2D eigenvalue weighted by atomic mass is 35.5. The molecule has 0 saturated heterocycles. The molecule has 4 heteroatoms. The number of aryl methyl sites for hydroxylation is 1. The first-order valence-electron chi connectivity index (χ1n) is 4.99. The van der Waals surface area contributed by atoms with Gasteiger partial charge in [0.15, 0.2) is 0 Å². The quantitative estimate of drug-likeness (QED) is 0.467. The molecule has 0 N–H and O–H groups in total. The third-order valence-electron chi connectivity index (χ3n) is 1.99. The number of thioether (sulfide) groups is 1. The molecule has 1 aromatic heterocycles. The Kier molecular flexibility index (Phi) is 8.09. The van der Waals surface area contributed by atoms with Gasteiger partial charge in [0, 0.05) is 0 Å². The van der Waals surface area contributed by atoms with E-state index in [2.05, 4.69) is 41.7 Å². The van der Waals surface area contributed by atoms with Gasteiger partial charge in [-0.1, -0.05) is 13.3 Å². The maximum atomic E-state index is 2.24. The topological polar surface area (TPSA) is 8.81 Å². The number of rotatable bonds is 6. The smallest absolute Gasteiger partial charge is 0.244 e. The van der Waals surface area contributed by atoms with Crippen LogP contribution in [-0.4, -0.2) is 10.3 Å². The summed E-state index contributed by atoms with van der Waals surface area (Å²) in [5.74, 6) is 2.37. The van der Waals surface area contributed by atoms with Crippen LogP contribution in [0.5, 0.6) is 0 Å². The van der Waals surface area contributed by atoms with Gasteiger partial charge < -0.3 is 12.4 Å². The lowest BCUT2D eigenvalue weighted by Crippen LogP contribution is -3.00. The molecule has 0 aliphatic rings. The number of imidazole rings is 1. The zero-order valence-electron chi connectivity index (χ0n) is 8.95. The highest BCUT2D eigenvalue weighted by Crippen LogP contribution is 2.03. The lowest BCUT2D eigenvalue weighted by Gasteiger charge is -1.95. The van der Waals surface area contributed by atoms with Crippen molar-refractivity contribution in [1.29, 1.82) is 0 Å². The van der Waals surface area contributed by atoms with Crippen LogP contribution in [0.3, 0.4) is 0 Å². The fraction of sp³-hybridized carbons (Fsp3) is 0.700. The number of aromatic nitrogens is 2. The lowest BCUT2D eigenvalue weighted by molar-refractivity contribution is -0.675. The van der Waals surface area contributed by atoms with Crippen LogP contribution in [0.4, 0.5) is 0 Å². The molecule has 0 aromatic carbocycles. The van der Waals surface area contributed by atoms with Gasteiger partial charge in [-0.25, -0.2) is 9.13 Å². The Morgan fingerprint density at radius 2 is 2.14 bits per heavy atom. The number of unbranched alkanes of at least 4 members (excludes halogenated alkanes) is 1. The van der Waals surface area contributed by atoms with E-state index in [1.807, 2.05) is 11.8 Å². The van der Waals surface area contributed by atoms with Gasteiger partial charge in [-0.3, -0.25) is 0 Å². The minimum Gasteiger partial charge on any atom is -1.00 e. The molecule has 0 aliphatic heterocycles. The van der Waals surface area contributed by atoms with Crippen LogP contribution in [0.1, 0.15) is 26.7 Å². The minimum atomic E-state index is 0. The van der Waals surface area contributed by atoms with E-state index in [4.69, 9.17) is 0 Å². The average Bonchev–Trinajstić information content (AvgIpc) is 2.60. The summed E-state index contributed by atoms with van der Waals surface area (Å²) >= 11 is 2.00. The molecule has 0 amide bonds. The minimum absolute atomic E-state index is 0. The number of halogens is 1. The second kappa shape index (κ2) is 8.18. The van der Waals surface area contributed by atoms with E-state index in [9.17, 15) is 0 Å². The number of hydrogen-bond acceptors (Lipinski definition) is 1. The van der Waals surface area contributed by atoms with E-state index in [1.165, 1.54) is 18.6 Å². The molecule has 82 valence electrons. The third-order valence-corrected chi connectivity index (χ3v) is 3.05. The van der Waals surface area contributed by atoms with Crippen molar-refractivity contribution in [3.63, 3.8) is 0 Å². The van der Waals surface area contributed by atoms with Crippen LogP contribution in [0, 0.1) is 0 Å². The molecular weight excluding hydrogens is 216 g/mol. The van der Waals surface area contributed by atoms with Gasteiger partial charge in [0.05, 0.1) is 6.54 Å². The highest BCUT2D eigenvalue weighted by Gasteiger charge is 2.00. The van der Waals surface area contributed by atoms with Crippen molar-refractivity contribution in [2.75, 3.05) is 5.75 Å². The molecule has 0 aliphatic carbocycles. The summed E-state index contributed by atoms with van der Waals surface area (Å²) < 4.78 is 4.43. The second-order valence-electron chi connectivity index (χ2n) is 3.15. The molecule has 14 heavy (non-hydrogen) atoms. The van der Waals surface area contributed by atoms with Gasteiger partial charge in [-0.2, -0.15) is 0 Å². The maximum Gasteiger partial charge on any atom is 0.244 e. The summed E-state index contributed by atoms with van der Waals surface area (Å²) in [4.78, 5) is 0. The molecule has 1 heterocycles. The first kappa shape index (κ1) is 13.8. The second-order valence-corrected chi connectivity index (χ2v) is 4.22. The molecular formula is C10H19ClN2S. The molecule has 0 radical (unpaired) electrons. The molecule has 1 rings (SSSR count). The van der Waals surface area contributed by atoms with Crippen molar-refractivity contribution in [3.05, 3.63) is 18.7 Å². The molecule has 0 atom stereocenters. The van der Waals surface area contributed by atoms with Crippen molar-refractivity contribution in [2.24, 2.45) is 0 Å². The van der Waals surface area contributed by atoms with Gasteiger partial charge >= 0.3 is 0 Å². The Balaban J connectivity index is 0.00000169. The summed E-state index contributed by atoms with van der Waals surface area (Å²) in [6, 6.07) is 0. The number of hydrogen-bond donors (Lipinski definition) is 0. The number of nitrogens with zero attached hydrogens (tertiary/aromatic N) is 2. The van der Waals surface area contributed by atoms with Crippen LogP contribution in [-0.2, 0) is 12.4 Å². The van der Waals surface area contributed by atoms with E-state index in [-0.39, 0.29) is 12.4 Å². The lowest BCUT2D eigenvalue weighted by atomic mass is 10.4. The Labute approximate surface area is 97.1 Å². The average molecular weight is 235 g/mol. The molecule has 0 unspecified atom stereocenters. The SMILES string of the molecule is CCCCSC[n+]1ccn(CC)c1.[Cl-]. The van der Waals surface area contributed by atoms with E-state index in [0.717, 1.165) is 12.4 Å². The van der Waals surface area contributed by atoms with E-state index in [1.54, 1.807) is 0 Å². The summed E-state index contributed by atoms with van der Waals surface area (Å²) in [6.45, 7) is 5.46. The summed E-state index contributed by atoms with van der Waals surface area (Å²) in [5, 5.41) is 0. The van der Waals surface area contributed by atoms with Crippen LogP contribution >= 0.6 is 11.8 Å². The molecule has 1 aromatic rings. The summed E-state index contributed by atoms with van der Waals surface area (Å²) in [5.41, 5.74) is 0. The van der Waals surface area contributed by atoms with Gasteiger partial charge in [0.2, 0.25) is 6.33 Å². The monoisotopic (exact) mass is 234 g/mol. The van der Waals surface area contributed by atoms with Crippen molar-refractivity contribution >= 4 is 11.8 Å². The van der Waals surface area contributed by atoms with Crippen LogP contribution in [0.25, 0.3) is 0 Å². The van der Waals surface area contributed by atoms with Gasteiger partial charge in [0.1, 0.15) is 18.3 Å². The Morgan fingerprint density at radius 3 is 2.71 bits per heavy atom. The molecule has 0 saturated carbocycles. The Bertz CT molecular complexity index is 238. The molecule has 0 fully saturated rings. The molecule has 0 bridgehead atoms. The van der Waals surface area contributed by atoms with Crippen LogP contribution < -0.4 is 17.0 Å². The van der Waals surface area contributed by atoms with Crippen molar-refractivity contribution < 1.29 is 17.0 Å². The maximum absolute atomic E-state index is 2.24. The van der Waals surface area contributed by atoms with Gasteiger partial charge in [-0.15, -0.1) is 11.8 Å². The largest absolute Gasteiger partial charge is 1.00 e. The predicted octanol–water partition coefficient (Wildman–Crippen LogP) is -0.710. The predicted molar refractivity (Wildman–Crippen MR) is 57.7 cm³/mol. The highest BCUT2D eigenvalue weighted by molar-refractivity contribution is 7.98. The van der Waals surface area contributed by atoms with Crippen LogP contribution in [0.15, 0.2) is 18.7 Å². The van der Waals surface area contributed by atoms with Gasteiger partial charge in [-0.05, 0) is 19.1 Å². The van der Waals surface area contributed by atoms with E-state index >= 15 is 0 Å². The Morgan fingerprint density at radius 1 is 1.36 bits per heavy atom. The van der Waals surface area contributed by atoms with Crippen molar-refractivity contribution in [2.45, 2.75) is 39.1 Å². The first-order chi connectivity index (χ1) is 6.36. The molecule has 0 spiro atoms. The zero-order valence-corrected chi connectivity index (χ0v) is 10.5. The van der Waals surface area contributed by atoms with E-state index < -0.39 is 0 Å². The summed E-state index contributed by atoms with van der Waals surface area (Å²) in [7, 11) is 0. The van der Waals surface area contributed by atoms with Crippen molar-refractivity contribution in [1.82, 2.24) is 4.57 Å². The van der Waals surface area contributed by atoms with E-state index in [0.29, 0.717) is 0 Å². The van der Waals surface area contributed by atoms with Crippen molar-refractivity contribution in [3.8, 4) is 0 Å². The fourth-order valence-electron chi connectivity index (χ4n) is 1.12. The third kappa shape index (κ3) is 4.91. The zero-order chi connectivity index (χ0) is 9.52. The Hall–Kier alpha value is -0.150. The standard InChI is InChI=1S/C10H19N2S.ClH/c1-3-5-8-13-10-12-7-6-11(4-2)9-12;/h6-7,9H,3-5,8,10H2,1-2H3;1H/q+1;/p-1.